The van der Waals surface area contributed by atoms with Gasteiger partial charge in [0.05, 0.1) is 6.54 Å². The van der Waals surface area contributed by atoms with Crippen molar-refractivity contribution in [2.75, 3.05) is 11.9 Å². The Bertz CT molecular complexity index is 722. The highest BCUT2D eigenvalue weighted by Crippen LogP contribution is 2.20. The molecule has 2 aromatic carbocycles. The summed E-state index contributed by atoms with van der Waals surface area (Å²) in [4.78, 5) is 11.9. The van der Waals surface area contributed by atoms with Gasteiger partial charge in [0.2, 0.25) is 5.91 Å². The van der Waals surface area contributed by atoms with Crippen LogP contribution in [0.1, 0.15) is 24.1 Å². The molecule has 0 bridgehead atoms. The van der Waals surface area contributed by atoms with E-state index in [2.05, 4.69) is 26.6 Å². The minimum absolute atomic E-state index is 0.0648. The van der Waals surface area contributed by atoms with E-state index in [9.17, 15) is 13.6 Å². The number of carbonyl (C=O) groups is 1. The van der Waals surface area contributed by atoms with Gasteiger partial charge in [-0.15, -0.1) is 0 Å². The molecule has 23 heavy (non-hydrogen) atoms. The predicted molar refractivity (Wildman–Crippen MR) is 90.3 cm³/mol. The molecule has 1 atom stereocenters. The van der Waals surface area contributed by atoms with Crippen LogP contribution in [0.15, 0.2) is 40.9 Å². The molecule has 2 rings (SSSR count). The van der Waals surface area contributed by atoms with Crippen LogP contribution in [0, 0.1) is 18.6 Å². The van der Waals surface area contributed by atoms with Crippen LogP contribution in [0.2, 0.25) is 0 Å². The van der Waals surface area contributed by atoms with Crippen LogP contribution < -0.4 is 10.6 Å². The molecule has 0 aliphatic heterocycles. The molecule has 0 fully saturated rings. The Morgan fingerprint density at radius 1 is 1.17 bits per heavy atom. The van der Waals surface area contributed by atoms with Gasteiger partial charge in [-0.3, -0.25) is 4.79 Å². The van der Waals surface area contributed by atoms with E-state index in [1.54, 1.807) is 13.0 Å². The van der Waals surface area contributed by atoms with Gasteiger partial charge in [0.15, 0.2) is 11.6 Å². The molecule has 0 spiro atoms. The van der Waals surface area contributed by atoms with Crippen molar-refractivity contribution in [1.82, 2.24) is 5.32 Å². The van der Waals surface area contributed by atoms with Crippen molar-refractivity contribution in [3.05, 3.63) is 63.6 Å². The number of benzene rings is 2. The maximum atomic E-state index is 13.2. The van der Waals surface area contributed by atoms with E-state index in [1.165, 1.54) is 6.07 Å². The van der Waals surface area contributed by atoms with E-state index in [4.69, 9.17) is 0 Å². The number of anilines is 1. The molecule has 0 aliphatic carbocycles. The molecule has 0 aliphatic rings. The molecule has 0 saturated heterocycles. The van der Waals surface area contributed by atoms with Crippen molar-refractivity contribution in [2.24, 2.45) is 0 Å². The van der Waals surface area contributed by atoms with E-state index in [1.807, 2.05) is 19.1 Å². The zero-order valence-corrected chi connectivity index (χ0v) is 14.4. The van der Waals surface area contributed by atoms with Crippen LogP contribution in [-0.4, -0.2) is 12.5 Å². The maximum Gasteiger partial charge on any atom is 0.238 e. The number of hydrogen-bond donors (Lipinski definition) is 2. The smallest absolute Gasteiger partial charge is 0.238 e. The molecule has 1 amide bonds. The molecule has 0 radical (unpaired) electrons. The standard InChI is InChI=1S/C17H17BrF2N2O/c1-10-7-13(4-5-14(10)18)22-17(23)9-21-11(2)12-3-6-15(19)16(20)8-12/h3-8,11,21H,9H2,1-2H3,(H,22,23)/t11-/m0/s1. The Balaban J connectivity index is 1.90. The zero-order valence-electron chi connectivity index (χ0n) is 12.8. The number of nitrogens with one attached hydrogen (secondary N) is 2. The van der Waals surface area contributed by atoms with Crippen molar-refractivity contribution < 1.29 is 13.6 Å². The van der Waals surface area contributed by atoms with E-state index in [0.29, 0.717) is 11.3 Å². The predicted octanol–water partition coefficient (Wildman–Crippen LogP) is 4.33. The zero-order chi connectivity index (χ0) is 17.0. The van der Waals surface area contributed by atoms with Crippen LogP contribution >= 0.6 is 15.9 Å². The molecular formula is C17H17BrF2N2O. The highest BCUT2D eigenvalue weighted by atomic mass is 79.9. The Kier molecular flexibility index (Phi) is 5.85. The second kappa shape index (κ2) is 7.66. The first kappa shape index (κ1) is 17.6. The summed E-state index contributed by atoms with van der Waals surface area (Å²) in [7, 11) is 0. The van der Waals surface area contributed by atoms with Crippen molar-refractivity contribution >= 4 is 27.5 Å². The maximum absolute atomic E-state index is 13.2. The highest BCUT2D eigenvalue weighted by molar-refractivity contribution is 9.10. The summed E-state index contributed by atoms with van der Waals surface area (Å²) < 4.78 is 27.1. The van der Waals surface area contributed by atoms with Crippen LogP contribution in [0.25, 0.3) is 0 Å². The lowest BCUT2D eigenvalue weighted by atomic mass is 10.1. The molecule has 0 saturated carbocycles. The Labute approximate surface area is 142 Å². The van der Waals surface area contributed by atoms with Crippen LogP contribution in [-0.2, 0) is 4.79 Å². The van der Waals surface area contributed by atoms with Crippen molar-refractivity contribution in [2.45, 2.75) is 19.9 Å². The number of hydrogen-bond acceptors (Lipinski definition) is 2. The molecular weight excluding hydrogens is 366 g/mol. The van der Waals surface area contributed by atoms with E-state index >= 15 is 0 Å². The first-order valence-corrected chi connectivity index (χ1v) is 7.90. The van der Waals surface area contributed by atoms with Crippen molar-refractivity contribution in [3.63, 3.8) is 0 Å². The minimum atomic E-state index is -0.897. The summed E-state index contributed by atoms with van der Waals surface area (Å²) in [6, 6.07) is 8.95. The van der Waals surface area contributed by atoms with Crippen LogP contribution in [0.5, 0.6) is 0 Å². The minimum Gasteiger partial charge on any atom is -0.325 e. The number of halogens is 3. The van der Waals surface area contributed by atoms with Gasteiger partial charge in [0, 0.05) is 16.2 Å². The van der Waals surface area contributed by atoms with Crippen LogP contribution in [0.3, 0.4) is 0 Å². The lowest BCUT2D eigenvalue weighted by Crippen LogP contribution is -2.30. The molecule has 122 valence electrons. The first-order chi connectivity index (χ1) is 10.9. The molecule has 3 nitrogen and oxygen atoms in total. The van der Waals surface area contributed by atoms with E-state index < -0.39 is 11.6 Å². The number of aryl methyl sites for hydroxylation is 1. The highest BCUT2D eigenvalue weighted by Gasteiger charge is 2.11. The Morgan fingerprint density at radius 2 is 1.91 bits per heavy atom. The molecule has 0 heterocycles. The summed E-state index contributed by atoms with van der Waals surface area (Å²) in [5, 5.41) is 5.76. The quantitative estimate of drug-likeness (QED) is 0.807. The largest absolute Gasteiger partial charge is 0.325 e. The van der Waals surface area contributed by atoms with E-state index in [-0.39, 0.29) is 18.5 Å². The fraction of sp³-hybridized carbons (Fsp3) is 0.235. The van der Waals surface area contributed by atoms with Gasteiger partial charge < -0.3 is 10.6 Å². The summed E-state index contributed by atoms with van der Waals surface area (Å²) in [6.07, 6.45) is 0. The fourth-order valence-electron chi connectivity index (χ4n) is 2.07. The summed E-state index contributed by atoms with van der Waals surface area (Å²) in [5.41, 5.74) is 2.31. The number of amides is 1. The lowest BCUT2D eigenvalue weighted by Gasteiger charge is -2.14. The monoisotopic (exact) mass is 382 g/mol. The molecule has 2 N–H and O–H groups in total. The Hall–Kier alpha value is -1.79. The normalized spacial score (nSPS) is 12.0. The van der Waals surface area contributed by atoms with Gasteiger partial charge >= 0.3 is 0 Å². The Morgan fingerprint density at radius 3 is 2.57 bits per heavy atom. The van der Waals surface area contributed by atoms with Crippen LogP contribution in [0.4, 0.5) is 14.5 Å². The van der Waals surface area contributed by atoms with Gasteiger partial charge in [-0.1, -0.05) is 22.0 Å². The molecule has 0 unspecified atom stereocenters. The molecule has 6 heteroatoms. The first-order valence-electron chi connectivity index (χ1n) is 7.11. The van der Waals surface area contributed by atoms with Gasteiger partial charge in [-0.05, 0) is 55.3 Å². The molecule has 0 aromatic heterocycles. The lowest BCUT2D eigenvalue weighted by molar-refractivity contribution is -0.115. The third-order valence-corrected chi connectivity index (χ3v) is 4.34. The van der Waals surface area contributed by atoms with Gasteiger partial charge in [-0.2, -0.15) is 0 Å². The van der Waals surface area contributed by atoms with E-state index in [0.717, 1.165) is 22.2 Å². The van der Waals surface area contributed by atoms with Gasteiger partial charge in [0.25, 0.3) is 0 Å². The fourth-order valence-corrected chi connectivity index (χ4v) is 2.32. The summed E-state index contributed by atoms with van der Waals surface area (Å²) >= 11 is 3.40. The second-order valence-electron chi connectivity index (χ2n) is 5.29. The van der Waals surface area contributed by atoms with Gasteiger partial charge in [-0.25, -0.2) is 8.78 Å². The topological polar surface area (TPSA) is 41.1 Å². The number of carbonyl (C=O) groups excluding carboxylic acids is 1. The number of rotatable bonds is 5. The molecule has 2 aromatic rings. The van der Waals surface area contributed by atoms with Crippen molar-refractivity contribution in [1.29, 1.82) is 0 Å². The average Bonchev–Trinajstić information content (AvgIpc) is 2.51. The summed E-state index contributed by atoms with van der Waals surface area (Å²) in [6.45, 7) is 3.78. The second-order valence-corrected chi connectivity index (χ2v) is 6.14. The summed E-state index contributed by atoms with van der Waals surface area (Å²) in [5.74, 6) is -1.99. The van der Waals surface area contributed by atoms with Crippen molar-refractivity contribution in [3.8, 4) is 0 Å². The third-order valence-electron chi connectivity index (χ3n) is 3.45. The van der Waals surface area contributed by atoms with Gasteiger partial charge in [0.1, 0.15) is 0 Å². The SMILES string of the molecule is Cc1cc(NC(=O)CN[C@@H](C)c2ccc(F)c(F)c2)ccc1Br. The third kappa shape index (κ3) is 4.84. The average molecular weight is 383 g/mol.